The van der Waals surface area contributed by atoms with Gasteiger partial charge in [-0.3, -0.25) is 9.59 Å². The number of carbonyl (C=O) groups excluding carboxylic acids is 3. The standard InChI is InChI=1S/C17H23F3N2O4/c1-4-26-14(24)13-10(2)22(12-8-6-5-7-9-12)15(25)16(13,17(18,19)20)21-11(3)23/h12H,4-9H2,1-3H3,(H,21,23)/t16-/m1/s1. The fraction of sp³-hybridized carbons (Fsp3) is 0.706. The average molecular weight is 376 g/mol. The molecule has 0 saturated heterocycles. The Kier molecular flexibility index (Phi) is 5.67. The molecule has 1 aliphatic heterocycles. The molecule has 1 N–H and O–H groups in total. The van der Waals surface area contributed by atoms with E-state index in [1.807, 2.05) is 0 Å². The third-order valence-corrected chi connectivity index (χ3v) is 4.85. The van der Waals surface area contributed by atoms with Crippen LogP contribution in [0.2, 0.25) is 0 Å². The molecule has 1 aliphatic carbocycles. The summed E-state index contributed by atoms with van der Waals surface area (Å²) in [5, 5.41) is 1.72. The lowest BCUT2D eigenvalue weighted by atomic mass is 9.88. The summed E-state index contributed by atoms with van der Waals surface area (Å²) in [6.07, 6.45) is -1.57. The van der Waals surface area contributed by atoms with Crippen LogP contribution in [-0.4, -0.2) is 47.0 Å². The fourth-order valence-corrected chi connectivity index (χ4v) is 3.83. The number of carbonyl (C=O) groups is 3. The van der Waals surface area contributed by atoms with Gasteiger partial charge < -0.3 is 15.0 Å². The van der Waals surface area contributed by atoms with Crippen molar-refractivity contribution in [2.75, 3.05) is 6.61 Å². The summed E-state index contributed by atoms with van der Waals surface area (Å²) in [7, 11) is 0. The summed E-state index contributed by atoms with van der Waals surface area (Å²) >= 11 is 0. The maximum absolute atomic E-state index is 14.1. The smallest absolute Gasteiger partial charge is 0.425 e. The van der Waals surface area contributed by atoms with Crippen LogP contribution in [0.4, 0.5) is 13.2 Å². The van der Waals surface area contributed by atoms with Crippen LogP contribution in [0.25, 0.3) is 0 Å². The first-order valence-electron chi connectivity index (χ1n) is 8.65. The molecule has 0 spiro atoms. The molecule has 1 saturated carbocycles. The number of hydrogen-bond acceptors (Lipinski definition) is 4. The number of amides is 2. The Morgan fingerprint density at radius 2 is 1.85 bits per heavy atom. The van der Waals surface area contributed by atoms with Gasteiger partial charge in [0.15, 0.2) is 0 Å². The minimum Gasteiger partial charge on any atom is -0.462 e. The first-order chi connectivity index (χ1) is 12.1. The van der Waals surface area contributed by atoms with E-state index in [0.717, 1.165) is 31.1 Å². The predicted molar refractivity (Wildman–Crippen MR) is 85.7 cm³/mol. The van der Waals surface area contributed by atoms with E-state index in [1.165, 1.54) is 13.8 Å². The number of hydrogen-bond donors (Lipinski definition) is 1. The van der Waals surface area contributed by atoms with Gasteiger partial charge in [-0.25, -0.2) is 4.79 Å². The molecule has 2 rings (SSSR count). The van der Waals surface area contributed by atoms with E-state index >= 15 is 0 Å². The average Bonchev–Trinajstić information content (AvgIpc) is 2.75. The van der Waals surface area contributed by atoms with E-state index < -0.39 is 41.1 Å². The van der Waals surface area contributed by atoms with Gasteiger partial charge in [-0.1, -0.05) is 19.3 Å². The van der Waals surface area contributed by atoms with Crippen molar-refractivity contribution in [1.29, 1.82) is 0 Å². The lowest BCUT2D eigenvalue weighted by Gasteiger charge is -2.36. The van der Waals surface area contributed by atoms with Crippen molar-refractivity contribution in [3.8, 4) is 0 Å². The van der Waals surface area contributed by atoms with Gasteiger partial charge in [0.05, 0.1) is 6.61 Å². The van der Waals surface area contributed by atoms with E-state index in [4.69, 9.17) is 4.74 Å². The second kappa shape index (κ2) is 7.28. The van der Waals surface area contributed by atoms with Crippen LogP contribution in [0.3, 0.4) is 0 Å². The Balaban J connectivity index is 2.65. The monoisotopic (exact) mass is 376 g/mol. The highest BCUT2D eigenvalue weighted by molar-refractivity contribution is 6.10. The molecule has 1 fully saturated rings. The van der Waals surface area contributed by atoms with Gasteiger partial charge >= 0.3 is 12.1 Å². The van der Waals surface area contributed by atoms with E-state index in [-0.39, 0.29) is 12.3 Å². The first kappa shape index (κ1) is 20.3. The maximum Gasteiger partial charge on any atom is 0.425 e. The summed E-state index contributed by atoms with van der Waals surface area (Å²) in [5.41, 5.74) is -4.36. The number of alkyl halides is 3. The second-order valence-corrected chi connectivity index (χ2v) is 6.58. The number of ether oxygens (including phenoxy) is 1. The number of esters is 1. The van der Waals surface area contributed by atoms with E-state index in [9.17, 15) is 27.6 Å². The van der Waals surface area contributed by atoms with Gasteiger partial charge in [-0.05, 0) is 26.7 Å². The van der Waals surface area contributed by atoms with Crippen molar-refractivity contribution < 1.29 is 32.3 Å². The highest BCUT2D eigenvalue weighted by Gasteiger charge is 2.71. The Morgan fingerprint density at radius 1 is 1.27 bits per heavy atom. The lowest BCUT2D eigenvalue weighted by Crippen LogP contribution is -2.66. The van der Waals surface area contributed by atoms with E-state index in [0.29, 0.717) is 12.8 Å². The number of nitrogens with one attached hydrogen (secondary N) is 1. The van der Waals surface area contributed by atoms with Crippen LogP contribution < -0.4 is 5.32 Å². The molecule has 6 nitrogen and oxygen atoms in total. The van der Waals surface area contributed by atoms with Gasteiger partial charge in [0.1, 0.15) is 5.57 Å². The zero-order chi connectivity index (χ0) is 19.7. The number of rotatable bonds is 4. The number of halogens is 3. The quantitative estimate of drug-likeness (QED) is 0.765. The highest BCUT2D eigenvalue weighted by Crippen LogP contribution is 2.47. The predicted octanol–water partition coefficient (Wildman–Crippen LogP) is 2.44. The molecule has 2 aliphatic rings. The van der Waals surface area contributed by atoms with Crippen molar-refractivity contribution in [2.24, 2.45) is 0 Å². The molecule has 9 heteroatoms. The summed E-state index contributed by atoms with van der Waals surface area (Å²) < 4.78 is 47.0. The topological polar surface area (TPSA) is 75.7 Å². The first-order valence-corrected chi connectivity index (χ1v) is 8.65. The Bertz CT molecular complexity index is 638. The van der Waals surface area contributed by atoms with Crippen LogP contribution in [0.1, 0.15) is 52.9 Å². The maximum atomic E-state index is 14.1. The lowest BCUT2D eigenvalue weighted by molar-refractivity contribution is -0.196. The molecule has 0 aromatic heterocycles. The van der Waals surface area contributed by atoms with Crippen LogP contribution in [0.5, 0.6) is 0 Å². The summed E-state index contributed by atoms with van der Waals surface area (Å²) in [4.78, 5) is 37.9. The molecule has 2 amide bonds. The second-order valence-electron chi connectivity index (χ2n) is 6.58. The van der Waals surface area contributed by atoms with Crippen molar-refractivity contribution >= 4 is 17.8 Å². The molecular formula is C17H23F3N2O4. The van der Waals surface area contributed by atoms with Crippen molar-refractivity contribution in [3.63, 3.8) is 0 Å². The largest absolute Gasteiger partial charge is 0.462 e. The van der Waals surface area contributed by atoms with Crippen LogP contribution in [0, 0.1) is 0 Å². The molecule has 0 aromatic carbocycles. The van der Waals surface area contributed by atoms with Crippen molar-refractivity contribution in [2.45, 2.75) is 70.6 Å². The van der Waals surface area contributed by atoms with Gasteiger partial charge in [-0.2, -0.15) is 13.2 Å². The van der Waals surface area contributed by atoms with Crippen molar-refractivity contribution in [1.82, 2.24) is 10.2 Å². The fourth-order valence-electron chi connectivity index (χ4n) is 3.83. The van der Waals surface area contributed by atoms with E-state index in [1.54, 1.807) is 5.32 Å². The van der Waals surface area contributed by atoms with Gasteiger partial charge in [0.2, 0.25) is 11.4 Å². The minimum atomic E-state index is -5.19. The van der Waals surface area contributed by atoms with Crippen LogP contribution in [0.15, 0.2) is 11.3 Å². The summed E-state index contributed by atoms with van der Waals surface area (Å²) in [6.45, 7) is 3.48. The third kappa shape index (κ3) is 3.19. The molecule has 0 unspecified atom stereocenters. The third-order valence-electron chi connectivity index (χ3n) is 4.85. The highest BCUT2D eigenvalue weighted by atomic mass is 19.4. The zero-order valence-electron chi connectivity index (χ0n) is 15.0. The van der Waals surface area contributed by atoms with Crippen molar-refractivity contribution in [3.05, 3.63) is 11.3 Å². The zero-order valence-corrected chi connectivity index (χ0v) is 15.0. The normalized spacial score (nSPS) is 24.8. The van der Waals surface area contributed by atoms with Crippen LogP contribution in [-0.2, 0) is 19.1 Å². The minimum absolute atomic E-state index is 0.105. The van der Waals surface area contributed by atoms with Crippen LogP contribution >= 0.6 is 0 Å². The molecule has 1 heterocycles. The number of nitrogens with zero attached hydrogens (tertiary/aromatic N) is 1. The SMILES string of the molecule is CCOC(=O)C1=C(C)N(C2CCCCC2)C(=O)[C@@]1(NC(C)=O)C(F)(F)F. The van der Waals surface area contributed by atoms with Gasteiger partial charge in [0, 0.05) is 18.7 Å². The Labute approximate surface area is 149 Å². The van der Waals surface area contributed by atoms with E-state index in [2.05, 4.69) is 0 Å². The molecule has 0 radical (unpaired) electrons. The molecule has 0 bridgehead atoms. The molecule has 1 atom stereocenters. The number of allylic oxidation sites excluding steroid dienone is 1. The summed E-state index contributed by atoms with van der Waals surface area (Å²) in [6, 6.07) is -0.432. The molecular weight excluding hydrogens is 353 g/mol. The Morgan fingerprint density at radius 3 is 2.31 bits per heavy atom. The van der Waals surface area contributed by atoms with Gasteiger partial charge in [-0.15, -0.1) is 0 Å². The molecule has 26 heavy (non-hydrogen) atoms. The van der Waals surface area contributed by atoms with Gasteiger partial charge in [0.25, 0.3) is 5.91 Å². The summed E-state index contributed by atoms with van der Waals surface area (Å²) in [5.74, 6) is -3.65. The Hall–Kier alpha value is -2.06. The molecule has 0 aromatic rings. The molecule has 146 valence electrons.